The van der Waals surface area contributed by atoms with Crippen molar-refractivity contribution in [1.29, 1.82) is 0 Å². The first-order chi connectivity index (χ1) is 14.2. The standard InChI is InChI=1S/C10H10O4.C9H8O4.C3H8/c1-13-8-5-3-7(4-6-8)9(11)10(12)14-2;1-13-7-4-2-6(3-5-7)8(10)9(11)12;1-3-2/h3-6H,1-2H3;2-5H,1H3,(H,11,12);3H2,1-2H3. The molecule has 0 spiro atoms. The SMILES string of the molecule is CCC.COC(=O)C(=O)c1ccc(OC)cc1.COc1ccc(C(=O)C(=O)O)cc1. The minimum absolute atomic E-state index is 0.147. The summed E-state index contributed by atoms with van der Waals surface area (Å²) in [7, 11) is 4.19. The lowest BCUT2D eigenvalue weighted by Gasteiger charge is -2.01. The fourth-order valence-corrected chi connectivity index (χ4v) is 1.82. The average molecular weight is 418 g/mol. The zero-order chi connectivity index (χ0) is 23.1. The van der Waals surface area contributed by atoms with Gasteiger partial charge in [-0.3, -0.25) is 9.59 Å². The largest absolute Gasteiger partial charge is 0.497 e. The predicted octanol–water partition coefficient (Wildman–Crippen LogP) is 3.43. The first-order valence-corrected chi connectivity index (χ1v) is 8.93. The number of hydrogen-bond acceptors (Lipinski definition) is 7. The molecular weight excluding hydrogens is 392 g/mol. The van der Waals surface area contributed by atoms with Crippen molar-refractivity contribution in [2.24, 2.45) is 0 Å². The van der Waals surface area contributed by atoms with Gasteiger partial charge in [0.1, 0.15) is 11.5 Å². The van der Waals surface area contributed by atoms with E-state index in [2.05, 4.69) is 18.6 Å². The monoisotopic (exact) mass is 418 g/mol. The number of esters is 1. The van der Waals surface area contributed by atoms with Crippen LogP contribution in [-0.4, -0.2) is 49.9 Å². The van der Waals surface area contributed by atoms with E-state index >= 15 is 0 Å². The van der Waals surface area contributed by atoms with Crippen molar-refractivity contribution in [3.8, 4) is 11.5 Å². The van der Waals surface area contributed by atoms with E-state index in [9.17, 15) is 19.2 Å². The zero-order valence-electron chi connectivity index (χ0n) is 17.6. The molecule has 0 fully saturated rings. The quantitative estimate of drug-likeness (QED) is 0.431. The maximum absolute atomic E-state index is 11.3. The Labute approximate surface area is 175 Å². The Morgan fingerprint density at radius 1 is 0.700 bits per heavy atom. The Balaban J connectivity index is 0.000000497. The van der Waals surface area contributed by atoms with Crippen LogP contribution in [0.5, 0.6) is 11.5 Å². The fraction of sp³-hybridized carbons (Fsp3) is 0.273. The predicted molar refractivity (Wildman–Crippen MR) is 110 cm³/mol. The molecule has 30 heavy (non-hydrogen) atoms. The molecule has 0 saturated heterocycles. The molecule has 0 aliphatic rings. The van der Waals surface area contributed by atoms with Crippen LogP contribution >= 0.6 is 0 Å². The topological polar surface area (TPSA) is 116 Å². The van der Waals surface area contributed by atoms with Crippen LogP contribution in [0.4, 0.5) is 0 Å². The molecule has 0 atom stereocenters. The van der Waals surface area contributed by atoms with E-state index in [-0.39, 0.29) is 11.1 Å². The minimum Gasteiger partial charge on any atom is -0.497 e. The fourth-order valence-electron chi connectivity index (χ4n) is 1.82. The second-order valence-corrected chi connectivity index (χ2v) is 5.62. The number of carbonyl (C=O) groups excluding carboxylic acids is 3. The van der Waals surface area contributed by atoms with Gasteiger partial charge in [-0.2, -0.15) is 0 Å². The Morgan fingerprint density at radius 3 is 1.30 bits per heavy atom. The van der Waals surface area contributed by atoms with Gasteiger partial charge in [-0.05, 0) is 48.5 Å². The molecule has 2 rings (SSSR count). The number of carbonyl (C=O) groups is 4. The molecule has 0 amide bonds. The molecule has 0 aliphatic heterocycles. The molecule has 2 aromatic carbocycles. The van der Waals surface area contributed by atoms with Crippen molar-refractivity contribution in [3.63, 3.8) is 0 Å². The second kappa shape index (κ2) is 14.3. The second-order valence-electron chi connectivity index (χ2n) is 5.62. The Morgan fingerprint density at radius 2 is 1.03 bits per heavy atom. The van der Waals surface area contributed by atoms with Gasteiger partial charge < -0.3 is 19.3 Å². The summed E-state index contributed by atoms with van der Waals surface area (Å²) in [6, 6.07) is 12.1. The summed E-state index contributed by atoms with van der Waals surface area (Å²) in [5.74, 6) is -2.67. The van der Waals surface area contributed by atoms with Crippen molar-refractivity contribution >= 4 is 23.5 Å². The van der Waals surface area contributed by atoms with Gasteiger partial charge in [0.15, 0.2) is 0 Å². The molecule has 8 heteroatoms. The van der Waals surface area contributed by atoms with Crippen LogP contribution in [-0.2, 0) is 14.3 Å². The van der Waals surface area contributed by atoms with Crippen molar-refractivity contribution in [2.75, 3.05) is 21.3 Å². The molecule has 0 unspecified atom stereocenters. The van der Waals surface area contributed by atoms with Crippen LogP contribution in [0.2, 0.25) is 0 Å². The van der Waals surface area contributed by atoms with Gasteiger partial charge in [0.05, 0.1) is 21.3 Å². The first-order valence-electron chi connectivity index (χ1n) is 8.93. The van der Waals surface area contributed by atoms with Crippen LogP contribution < -0.4 is 9.47 Å². The van der Waals surface area contributed by atoms with Crippen molar-refractivity contribution in [3.05, 3.63) is 59.7 Å². The maximum atomic E-state index is 11.3. The van der Waals surface area contributed by atoms with Gasteiger partial charge >= 0.3 is 11.9 Å². The van der Waals surface area contributed by atoms with Crippen LogP contribution in [0.1, 0.15) is 41.0 Å². The van der Waals surface area contributed by atoms with Gasteiger partial charge in [-0.15, -0.1) is 0 Å². The number of ether oxygens (including phenoxy) is 3. The van der Waals surface area contributed by atoms with Crippen LogP contribution in [0.15, 0.2) is 48.5 Å². The number of Topliss-reactive ketones (excluding diaryl/α,β-unsaturated/α-hetero) is 2. The molecule has 0 bridgehead atoms. The molecule has 0 aliphatic carbocycles. The number of methoxy groups -OCH3 is 3. The maximum Gasteiger partial charge on any atom is 0.379 e. The number of carboxylic acid groups (broad SMARTS) is 1. The van der Waals surface area contributed by atoms with E-state index in [0.717, 1.165) is 0 Å². The summed E-state index contributed by atoms with van der Waals surface area (Å²) in [4.78, 5) is 43.3. The van der Waals surface area contributed by atoms with E-state index in [1.54, 1.807) is 12.1 Å². The van der Waals surface area contributed by atoms with Gasteiger partial charge in [-0.25, -0.2) is 9.59 Å². The number of benzene rings is 2. The van der Waals surface area contributed by atoms with Crippen molar-refractivity contribution in [2.45, 2.75) is 20.3 Å². The highest BCUT2D eigenvalue weighted by Crippen LogP contribution is 2.12. The number of rotatable bonds is 6. The summed E-state index contributed by atoms with van der Waals surface area (Å²) >= 11 is 0. The summed E-state index contributed by atoms with van der Waals surface area (Å²) < 4.78 is 14.1. The molecule has 162 valence electrons. The molecular formula is C22H26O8. The molecule has 8 nitrogen and oxygen atoms in total. The molecule has 0 heterocycles. The van der Waals surface area contributed by atoms with E-state index < -0.39 is 23.5 Å². The average Bonchev–Trinajstić information content (AvgIpc) is 2.78. The smallest absolute Gasteiger partial charge is 0.379 e. The van der Waals surface area contributed by atoms with Crippen molar-refractivity contribution < 1.29 is 38.5 Å². The normalized spacial score (nSPS) is 8.97. The van der Waals surface area contributed by atoms with Gasteiger partial charge in [0, 0.05) is 11.1 Å². The zero-order valence-corrected chi connectivity index (χ0v) is 17.6. The van der Waals surface area contributed by atoms with Gasteiger partial charge in [-0.1, -0.05) is 20.3 Å². The summed E-state index contributed by atoms with van der Waals surface area (Å²) in [5.41, 5.74) is 0.436. The van der Waals surface area contributed by atoms with E-state index in [1.807, 2.05) is 0 Å². The van der Waals surface area contributed by atoms with Crippen LogP contribution in [0, 0.1) is 0 Å². The summed E-state index contributed by atoms with van der Waals surface area (Å²) in [5, 5.41) is 8.38. The van der Waals surface area contributed by atoms with Crippen LogP contribution in [0.3, 0.4) is 0 Å². The van der Waals surface area contributed by atoms with E-state index in [4.69, 9.17) is 14.6 Å². The number of carboxylic acids is 1. The lowest BCUT2D eigenvalue weighted by molar-refractivity contribution is -0.135. The summed E-state index contributed by atoms with van der Waals surface area (Å²) in [6.45, 7) is 4.25. The number of hydrogen-bond donors (Lipinski definition) is 1. The minimum atomic E-state index is -1.45. The highest BCUT2D eigenvalue weighted by atomic mass is 16.5. The number of ketones is 2. The third-order valence-corrected chi connectivity index (χ3v) is 3.27. The van der Waals surface area contributed by atoms with Crippen molar-refractivity contribution in [1.82, 2.24) is 0 Å². The first kappa shape index (κ1) is 26.3. The Bertz CT molecular complexity index is 823. The highest BCUT2D eigenvalue weighted by molar-refractivity contribution is 6.40. The molecule has 0 radical (unpaired) electrons. The summed E-state index contributed by atoms with van der Waals surface area (Å²) in [6.07, 6.45) is 1.25. The molecule has 2 aromatic rings. The molecule has 0 aromatic heterocycles. The third kappa shape index (κ3) is 9.01. The van der Waals surface area contributed by atoms with Gasteiger partial charge in [0.25, 0.3) is 11.6 Å². The number of aliphatic carboxylic acids is 1. The van der Waals surface area contributed by atoms with E-state index in [0.29, 0.717) is 11.5 Å². The van der Waals surface area contributed by atoms with E-state index in [1.165, 1.54) is 64.1 Å². The highest BCUT2D eigenvalue weighted by Gasteiger charge is 2.16. The van der Waals surface area contributed by atoms with Crippen LogP contribution in [0.25, 0.3) is 0 Å². The van der Waals surface area contributed by atoms with Gasteiger partial charge in [0.2, 0.25) is 0 Å². The third-order valence-electron chi connectivity index (χ3n) is 3.27. The lowest BCUT2D eigenvalue weighted by atomic mass is 10.1. The molecule has 0 saturated carbocycles. The Kier molecular flexibility index (Phi) is 12.6. The Hall–Kier alpha value is -3.68. The molecule has 1 N–H and O–H groups in total. The lowest BCUT2D eigenvalue weighted by Crippen LogP contribution is -2.15.